The van der Waals surface area contributed by atoms with Crippen LogP contribution in [-0.2, 0) is 14.3 Å². The van der Waals surface area contributed by atoms with Crippen molar-refractivity contribution in [1.29, 1.82) is 0 Å². The zero-order valence-corrected chi connectivity index (χ0v) is 14.3. The number of pyridine rings is 1. The number of hydrogen-bond acceptors (Lipinski definition) is 6. The van der Waals surface area contributed by atoms with Crippen LogP contribution in [0.1, 0.15) is 36.5 Å². The van der Waals surface area contributed by atoms with Gasteiger partial charge >= 0.3 is 5.97 Å². The van der Waals surface area contributed by atoms with Crippen LogP contribution in [0.2, 0.25) is 0 Å². The number of anilines is 1. The van der Waals surface area contributed by atoms with Crippen molar-refractivity contribution in [3.05, 3.63) is 23.9 Å². The third kappa shape index (κ3) is 4.92. The molecule has 1 aliphatic heterocycles. The molecule has 1 aromatic heterocycles. The summed E-state index contributed by atoms with van der Waals surface area (Å²) in [5, 5.41) is 2.69. The quantitative estimate of drug-likeness (QED) is 0.723. The Morgan fingerprint density at radius 2 is 2.08 bits per heavy atom. The minimum atomic E-state index is -0.726. The number of carbonyl (C=O) groups is 2. The number of esters is 1. The Morgan fingerprint density at radius 1 is 1.33 bits per heavy atom. The molecule has 7 nitrogen and oxygen atoms in total. The molecule has 0 aromatic carbocycles. The molecular formula is C17H25N3O4. The molecule has 1 aromatic rings. The van der Waals surface area contributed by atoms with Crippen LogP contribution in [0, 0.1) is 0 Å². The van der Waals surface area contributed by atoms with Gasteiger partial charge in [-0.1, -0.05) is 0 Å². The number of nitrogens with zero attached hydrogens (tertiary/aromatic N) is 2. The summed E-state index contributed by atoms with van der Waals surface area (Å²) in [4.78, 5) is 30.8. The van der Waals surface area contributed by atoms with E-state index in [1.54, 1.807) is 26.3 Å². The molecule has 2 rings (SSSR count). The fraction of sp³-hybridized carbons (Fsp3) is 0.588. The minimum absolute atomic E-state index is 0.268. The summed E-state index contributed by atoms with van der Waals surface area (Å²) in [5.41, 5.74) is 0.421. The average molecular weight is 335 g/mol. The molecule has 0 radical (unpaired) electrons. The highest BCUT2D eigenvalue weighted by atomic mass is 16.5. The summed E-state index contributed by atoms with van der Waals surface area (Å²) < 4.78 is 9.98. The van der Waals surface area contributed by atoms with Crippen LogP contribution in [0.5, 0.6) is 0 Å². The monoisotopic (exact) mass is 335 g/mol. The van der Waals surface area contributed by atoms with Crippen molar-refractivity contribution in [2.45, 2.75) is 32.2 Å². The number of hydrogen-bond donors (Lipinski definition) is 1. The van der Waals surface area contributed by atoms with Gasteiger partial charge in [-0.05, 0) is 31.9 Å². The molecule has 0 bridgehead atoms. The molecule has 1 atom stereocenters. The van der Waals surface area contributed by atoms with Crippen molar-refractivity contribution >= 4 is 17.7 Å². The number of aromatic nitrogens is 1. The minimum Gasteiger partial charge on any atom is -0.464 e. The van der Waals surface area contributed by atoms with Gasteiger partial charge in [-0.2, -0.15) is 0 Å². The van der Waals surface area contributed by atoms with Crippen LogP contribution in [0.3, 0.4) is 0 Å². The van der Waals surface area contributed by atoms with Crippen molar-refractivity contribution in [3.8, 4) is 0 Å². The Kier molecular flexibility index (Phi) is 6.99. The molecular weight excluding hydrogens is 310 g/mol. The Morgan fingerprint density at radius 3 is 2.67 bits per heavy atom. The second kappa shape index (κ2) is 9.22. The molecule has 0 unspecified atom stereocenters. The smallest absolute Gasteiger partial charge is 0.328 e. The largest absolute Gasteiger partial charge is 0.464 e. The molecule has 1 N–H and O–H groups in total. The van der Waals surface area contributed by atoms with Gasteiger partial charge in [-0.25, -0.2) is 9.78 Å². The molecule has 7 heteroatoms. The second-order valence-electron chi connectivity index (χ2n) is 5.66. The first-order valence-corrected chi connectivity index (χ1v) is 8.33. The van der Waals surface area contributed by atoms with Crippen molar-refractivity contribution in [3.63, 3.8) is 0 Å². The Balaban J connectivity index is 1.98. The highest BCUT2D eigenvalue weighted by Crippen LogP contribution is 2.17. The normalized spacial score (nSPS) is 15.2. The van der Waals surface area contributed by atoms with Gasteiger partial charge in [0.05, 0.1) is 12.2 Å². The molecule has 1 fully saturated rings. The third-order valence-electron chi connectivity index (χ3n) is 3.93. The summed E-state index contributed by atoms with van der Waals surface area (Å²) in [7, 11) is 1.55. The van der Waals surface area contributed by atoms with Gasteiger partial charge in [0.25, 0.3) is 5.91 Å². The maximum atomic E-state index is 12.3. The third-order valence-corrected chi connectivity index (χ3v) is 3.93. The summed E-state index contributed by atoms with van der Waals surface area (Å²) >= 11 is 0. The summed E-state index contributed by atoms with van der Waals surface area (Å²) in [6, 6.07) is 2.85. The fourth-order valence-electron chi connectivity index (χ4n) is 2.62. The topological polar surface area (TPSA) is 80.8 Å². The van der Waals surface area contributed by atoms with Crippen LogP contribution >= 0.6 is 0 Å². The molecule has 1 saturated heterocycles. The zero-order chi connectivity index (χ0) is 17.4. The lowest BCUT2D eigenvalue weighted by Crippen LogP contribution is -2.42. The van der Waals surface area contributed by atoms with E-state index in [-0.39, 0.29) is 12.5 Å². The zero-order valence-electron chi connectivity index (χ0n) is 14.3. The molecule has 2 heterocycles. The van der Waals surface area contributed by atoms with Gasteiger partial charge in [0, 0.05) is 39.4 Å². The lowest BCUT2D eigenvalue weighted by Gasteiger charge is -2.18. The maximum absolute atomic E-state index is 12.3. The lowest BCUT2D eigenvalue weighted by molar-refractivity contribution is -0.145. The summed E-state index contributed by atoms with van der Waals surface area (Å²) in [6.07, 6.45) is 4.25. The Bertz CT molecular complexity index is 541. The first kappa shape index (κ1) is 18.2. The van der Waals surface area contributed by atoms with Crippen molar-refractivity contribution in [2.75, 3.05) is 38.3 Å². The Labute approximate surface area is 142 Å². The fourth-order valence-corrected chi connectivity index (χ4v) is 2.62. The van der Waals surface area contributed by atoms with E-state index in [0.717, 1.165) is 18.9 Å². The predicted molar refractivity (Wildman–Crippen MR) is 90.1 cm³/mol. The lowest BCUT2D eigenvalue weighted by atomic mass is 10.2. The van der Waals surface area contributed by atoms with E-state index in [0.29, 0.717) is 18.6 Å². The highest BCUT2D eigenvalue weighted by molar-refractivity contribution is 5.96. The number of ether oxygens (including phenoxy) is 2. The molecule has 24 heavy (non-hydrogen) atoms. The Hall–Kier alpha value is -2.15. The van der Waals surface area contributed by atoms with E-state index in [1.165, 1.54) is 12.8 Å². The molecule has 0 aliphatic carbocycles. The van der Waals surface area contributed by atoms with Crippen molar-refractivity contribution in [2.24, 2.45) is 0 Å². The van der Waals surface area contributed by atoms with E-state index in [4.69, 9.17) is 9.47 Å². The average Bonchev–Trinajstić information content (AvgIpc) is 3.13. The number of carbonyl (C=O) groups excluding carboxylic acids is 2. The van der Waals surface area contributed by atoms with E-state index in [9.17, 15) is 9.59 Å². The number of methoxy groups -OCH3 is 1. The van der Waals surface area contributed by atoms with Gasteiger partial charge in [0.1, 0.15) is 11.9 Å². The maximum Gasteiger partial charge on any atom is 0.328 e. The SMILES string of the molecule is CCOC(=O)[C@@H](CCOC)NC(=O)c1ccc(N2CCCC2)nc1. The van der Waals surface area contributed by atoms with Gasteiger partial charge < -0.3 is 19.7 Å². The van der Waals surface area contributed by atoms with E-state index in [2.05, 4.69) is 15.2 Å². The van der Waals surface area contributed by atoms with E-state index in [1.807, 2.05) is 6.07 Å². The van der Waals surface area contributed by atoms with Gasteiger partial charge in [-0.15, -0.1) is 0 Å². The molecule has 0 spiro atoms. The molecule has 0 saturated carbocycles. The number of rotatable bonds is 8. The first-order chi connectivity index (χ1) is 11.7. The molecule has 132 valence electrons. The summed E-state index contributed by atoms with van der Waals surface area (Å²) in [6.45, 7) is 4.36. The van der Waals surface area contributed by atoms with Crippen LogP contribution in [0.25, 0.3) is 0 Å². The number of nitrogens with one attached hydrogen (secondary N) is 1. The first-order valence-electron chi connectivity index (χ1n) is 8.33. The van der Waals surface area contributed by atoms with Crippen LogP contribution < -0.4 is 10.2 Å². The van der Waals surface area contributed by atoms with Crippen LogP contribution in [0.4, 0.5) is 5.82 Å². The van der Waals surface area contributed by atoms with Crippen LogP contribution in [0.15, 0.2) is 18.3 Å². The highest BCUT2D eigenvalue weighted by Gasteiger charge is 2.23. The van der Waals surface area contributed by atoms with Gasteiger partial charge in [0.15, 0.2) is 0 Å². The number of amides is 1. The molecule has 1 aliphatic rings. The van der Waals surface area contributed by atoms with E-state index < -0.39 is 12.0 Å². The predicted octanol–water partition coefficient (Wildman–Crippen LogP) is 1.38. The summed E-state index contributed by atoms with van der Waals surface area (Å²) in [5.74, 6) is 0.0829. The van der Waals surface area contributed by atoms with Crippen molar-refractivity contribution in [1.82, 2.24) is 10.3 Å². The van der Waals surface area contributed by atoms with Gasteiger partial charge in [-0.3, -0.25) is 4.79 Å². The standard InChI is InChI=1S/C17H25N3O4/c1-3-24-17(22)14(8-11-23-2)19-16(21)13-6-7-15(18-12-13)20-9-4-5-10-20/h6-7,12,14H,3-5,8-11H2,1-2H3,(H,19,21)/t14-/m1/s1. The van der Waals surface area contributed by atoms with Gasteiger partial charge in [0.2, 0.25) is 0 Å². The second-order valence-corrected chi connectivity index (χ2v) is 5.66. The molecule has 1 amide bonds. The van der Waals surface area contributed by atoms with Crippen molar-refractivity contribution < 1.29 is 19.1 Å². The van der Waals surface area contributed by atoms with E-state index >= 15 is 0 Å². The van der Waals surface area contributed by atoms with Crippen LogP contribution in [-0.4, -0.2) is 56.3 Å².